The molecule has 1 atom stereocenters. The number of hydrogen-bond acceptors (Lipinski definition) is 4. The van der Waals surface area contributed by atoms with Gasteiger partial charge in [-0.15, -0.1) is 0 Å². The van der Waals surface area contributed by atoms with Gasteiger partial charge in [0.05, 0.1) is 12.8 Å². The molecular weight excluding hydrogens is 196 g/mol. The Morgan fingerprint density at radius 1 is 1.73 bits per heavy atom. The van der Waals surface area contributed by atoms with Gasteiger partial charge in [0, 0.05) is 13.6 Å². The third kappa shape index (κ3) is 2.03. The number of methoxy groups -OCH3 is 1. The maximum atomic E-state index is 11.4. The van der Waals surface area contributed by atoms with E-state index in [9.17, 15) is 9.90 Å². The molecule has 0 radical (unpaired) electrons. The Hall–Kier alpha value is -1.33. The van der Waals surface area contributed by atoms with E-state index in [4.69, 9.17) is 5.73 Å². The van der Waals surface area contributed by atoms with Crippen molar-refractivity contribution in [2.45, 2.75) is 13.0 Å². The fourth-order valence-electron chi connectivity index (χ4n) is 1.67. The Balaban J connectivity index is 3.20. The van der Waals surface area contributed by atoms with Gasteiger partial charge in [0.1, 0.15) is 11.8 Å². The zero-order valence-electron chi connectivity index (χ0n) is 9.15. The molecule has 1 unspecified atom stereocenters. The lowest BCUT2D eigenvalue weighted by Gasteiger charge is -2.12. The van der Waals surface area contributed by atoms with E-state index in [0.29, 0.717) is 11.4 Å². The van der Waals surface area contributed by atoms with Gasteiger partial charge in [-0.05, 0) is 18.6 Å². The molecule has 84 valence electrons. The number of nitrogens with two attached hydrogens (primary N) is 1. The number of aromatic nitrogens is 1. The van der Waals surface area contributed by atoms with Gasteiger partial charge in [0.15, 0.2) is 0 Å². The maximum Gasteiger partial charge on any atom is 0.354 e. The van der Waals surface area contributed by atoms with E-state index in [1.165, 1.54) is 7.11 Å². The van der Waals surface area contributed by atoms with E-state index in [2.05, 4.69) is 4.74 Å². The van der Waals surface area contributed by atoms with Crippen LogP contribution in [0, 0.1) is 6.92 Å². The molecule has 5 nitrogen and oxygen atoms in total. The van der Waals surface area contributed by atoms with Crippen molar-refractivity contribution in [2.75, 3.05) is 13.7 Å². The number of nitrogens with zero attached hydrogens (tertiary/aromatic N) is 1. The summed E-state index contributed by atoms with van der Waals surface area (Å²) in [6.45, 7) is 1.94. The lowest BCUT2D eigenvalue weighted by Crippen LogP contribution is -2.17. The zero-order chi connectivity index (χ0) is 11.6. The first kappa shape index (κ1) is 11.7. The molecule has 0 aliphatic carbocycles. The molecule has 0 amide bonds. The minimum absolute atomic E-state index is 0.124. The van der Waals surface area contributed by atoms with Crippen LogP contribution in [-0.4, -0.2) is 29.3 Å². The van der Waals surface area contributed by atoms with Gasteiger partial charge >= 0.3 is 5.97 Å². The molecule has 1 heterocycles. The molecule has 1 aromatic rings. The number of rotatable bonds is 3. The van der Waals surface area contributed by atoms with Crippen molar-refractivity contribution in [1.29, 1.82) is 0 Å². The van der Waals surface area contributed by atoms with Crippen LogP contribution in [0.5, 0.6) is 0 Å². The summed E-state index contributed by atoms with van der Waals surface area (Å²) in [5.41, 5.74) is 7.27. The zero-order valence-corrected chi connectivity index (χ0v) is 9.15. The predicted molar refractivity (Wildman–Crippen MR) is 55.5 cm³/mol. The lowest BCUT2D eigenvalue weighted by molar-refractivity contribution is 0.0588. The Morgan fingerprint density at radius 3 is 2.80 bits per heavy atom. The highest BCUT2D eigenvalue weighted by Crippen LogP contribution is 2.21. The Kier molecular flexibility index (Phi) is 3.49. The molecule has 3 N–H and O–H groups in total. The van der Waals surface area contributed by atoms with Crippen molar-refractivity contribution in [3.63, 3.8) is 0 Å². The number of esters is 1. The fourth-order valence-corrected chi connectivity index (χ4v) is 1.67. The van der Waals surface area contributed by atoms with Crippen LogP contribution >= 0.6 is 0 Å². The minimum atomic E-state index is -0.756. The Morgan fingerprint density at radius 2 is 2.33 bits per heavy atom. The second-order valence-electron chi connectivity index (χ2n) is 3.40. The fraction of sp³-hybridized carbons (Fsp3) is 0.500. The summed E-state index contributed by atoms with van der Waals surface area (Å²) in [6.07, 6.45) is -0.756. The minimum Gasteiger partial charge on any atom is -0.464 e. The Bertz CT molecular complexity index is 371. The number of aliphatic hydroxyl groups excluding tert-OH is 1. The van der Waals surface area contributed by atoms with Crippen LogP contribution in [0.15, 0.2) is 6.07 Å². The average molecular weight is 212 g/mol. The van der Waals surface area contributed by atoms with Gasteiger partial charge in [-0.25, -0.2) is 4.79 Å². The molecule has 15 heavy (non-hydrogen) atoms. The standard InChI is InChI=1S/C10H16N2O3/c1-6-4-7(10(14)15-3)12(2)9(6)8(13)5-11/h4,8,13H,5,11H2,1-3H3. The molecule has 0 aliphatic rings. The van der Waals surface area contributed by atoms with Gasteiger partial charge in [-0.1, -0.05) is 0 Å². The summed E-state index contributed by atoms with van der Waals surface area (Å²) < 4.78 is 6.24. The van der Waals surface area contributed by atoms with Gasteiger partial charge in [-0.2, -0.15) is 0 Å². The van der Waals surface area contributed by atoms with Crippen LogP contribution in [0.4, 0.5) is 0 Å². The molecule has 0 aliphatic heterocycles. The third-order valence-electron chi connectivity index (χ3n) is 2.41. The van der Waals surface area contributed by atoms with Crippen LogP contribution < -0.4 is 5.73 Å². The number of ether oxygens (including phenoxy) is 1. The van der Waals surface area contributed by atoms with Crippen molar-refractivity contribution >= 4 is 5.97 Å². The van der Waals surface area contributed by atoms with Crippen LogP contribution in [0.25, 0.3) is 0 Å². The molecule has 0 spiro atoms. The SMILES string of the molecule is COC(=O)c1cc(C)c(C(O)CN)n1C. The van der Waals surface area contributed by atoms with Crippen molar-refractivity contribution < 1.29 is 14.6 Å². The monoisotopic (exact) mass is 212 g/mol. The lowest BCUT2D eigenvalue weighted by atomic mass is 10.2. The van der Waals surface area contributed by atoms with Crippen molar-refractivity contribution in [1.82, 2.24) is 4.57 Å². The van der Waals surface area contributed by atoms with Crippen molar-refractivity contribution in [2.24, 2.45) is 12.8 Å². The van der Waals surface area contributed by atoms with E-state index in [-0.39, 0.29) is 6.54 Å². The molecule has 0 saturated heterocycles. The number of carbonyl (C=O) groups is 1. The molecular formula is C10H16N2O3. The molecule has 0 saturated carbocycles. The molecule has 0 bridgehead atoms. The molecule has 0 fully saturated rings. The highest BCUT2D eigenvalue weighted by molar-refractivity contribution is 5.88. The van der Waals surface area contributed by atoms with Gasteiger partial charge in [-0.3, -0.25) is 0 Å². The number of carbonyl (C=O) groups excluding carboxylic acids is 1. The van der Waals surface area contributed by atoms with Crippen LogP contribution in [0.1, 0.15) is 27.8 Å². The summed E-state index contributed by atoms with van der Waals surface area (Å²) in [5, 5.41) is 9.66. The van der Waals surface area contributed by atoms with Crippen LogP contribution in [0.2, 0.25) is 0 Å². The largest absolute Gasteiger partial charge is 0.464 e. The number of aliphatic hydroxyl groups is 1. The topological polar surface area (TPSA) is 77.5 Å². The quantitative estimate of drug-likeness (QED) is 0.697. The predicted octanol–water partition coefficient (Wildman–Crippen LogP) is 0.112. The molecule has 1 rings (SSSR count). The molecule has 1 aromatic heterocycles. The number of aryl methyl sites for hydroxylation is 1. The van der Waals surface area contributed by atoms with Gasteiger partial charge in [0.25, 0.3) is 0 Å². The summed E-state index contributed by atoms with van der Waals surface area (Å²) >= 11 is 0. The first-order valence-corrected chi connectivity index (χ1v) is 4.65. The normalized spacial score (nSPS) is 12.6. The van der Waals surface area contributed by atoms with E-state index < -0.39 is 12.1 Å². The second kappa shape index (κ2) is 4.46. The van der Waals surface area contributed by atoms with E-state index in [1.807, 2.05) is 6.92 Å². The Labute approximate surface area is 88.4 Å². The summed E-state index contributed by atoms with van der Waals surface area (Å²) in [4.78, 5) is 11.4. The van der Waals surface area contributed by atoms with E-state index in [0.717, 1.165) is 5.56 Å². The van der Waals surface area contributed by atoms with E-state index in [1.54, 1.807) is 17.7 Å². The highest BCUT2D eigenvalue weighted by atomic mass is 16.5. The second-order valence-corrected chi connectivity index (χ2v) is 3.40. The van der Waals surface area contributed by atoms with Gasteiger partial charge in [0.2, 0.25) is 0 Å². The number of hydrogen-bond donors (Lipinski definition) is 2. The van der Waals surface area contributed by atoms with Crippen LogP contribution in [0.3, 0.4) is 0 Å². The smallest absolute Gasteiger partial charge is 0.354 e. The van der Waals surface area contributed by atoms with Crippen molar-refractivity contribution in [3.05, 3.63) is 23.0 Å². The summed E-state index contributed by atoms with van der Waals surface area (Å²) in [5.74, 6) is -0.420. The first-order valence-electron chi connectivity index (χ1n) is 4.65. The average Bonchev–Trinajstić information content (AvgIpc) is 2.52. The van der Waals surface area contributed by atoms with Crippen molar-refractivity contribution in [3.8, 4) is 0 Å². The first-order chi connectivity index (χ1) is 7.02. The third-order valence-corrected chi connectivity index (χ3v) is 2.41. The van der Waals surface area contributed by atoms with Crippen LogP contribution in [-0.2, 0) is 11.8 Å². The molecule has 5 heteroatoms. The van der Waals surface area contributed by atoms with Gasteiger partial charge < -0.3 is 20.1 Å². The molecule has 0 aromatic carbocycles. The summed E-state index contributed by atoms with van der Waals surface area (Å²) in [7, 11) is 3.02. The highest BCUT2D eigenvalue weighted by Gasteiger charge is 2.19. The van der Waals surface area contributed by atoms with E-state index >= 15 is 0 Å². The summed E-state index contributed by atoms with van der Waals surface area (Å²) in [6, 6.07) is 1.68. The maximum absolute atomic E-state index is 11.4.